The van der Waals surface area contributed by atoms with E-state index >= 15 is 0 Å². The highest BCUT2D eigenvalue weighted by Gasteiger charge is 2.21. The van der Waals surface area contributed by atoms with E-state index in [-0.39, 0.29) is 5.91 Å². The van der Waals surface area contributed by atoms with E-state index in [9.17, 15) is 4.79 Å². The molecule has 0 aromatic heterocycles. The van der Waals surface area contributed by atoms with E-state index in [1.807, 2.05) is 24.3 Å². The Morgan fingerprint density at radius 1 is 1.32 bits per heavy atom. The number of rotatable bonds is 6. The number of carbonyl (C=O) groups excluding carboxylic acids is 1. The normalized spacial score (nSPS) is 22.5. The van der Waals surface area contributed by atoms with Gasteiger partial charge in [-0.3, -0.25) is 4.79 Å². The maximum Gasteiger partial charge on any atom is 0.251 e. The van der Waals surface area contributed by atoms with Crippen LogP contribution in [0.25, 0.3) is 0 Å². The molecule has 122 valence electrons. The molecular weight excluding hydrogens is 276 g/mol. The monoisotopic (exact) mass is 304 g/mol. The molecule has 1 aliphatic heterocycles. The van der Waals surface area contributed by atoms with Crippen LogP contribution in [-0.2, 0) is 11.3 Å². The zero-order valence-electron chi connectivity index (χ0n) is 14.0. The Labute approximate surface area is 133 Å². The summed E-state index contributed by atoms with van der Waals surface area (Å²) in [5, 5.41) is 3.02. The highest BCUT2D eigenvalue weighted by atomic mass is 16.5. The summed E-state index contributed by atoms with van der Waals surface area (Å²) in [5.41, 5.74) is 1.73. The van der Waals surface area contributed by atoms with Crippen molar-refractivity contribution in [2.75, 3.05) is 33.3 Å². The Balaban J connectivity index is 1.79. The first-order chi connectivity index (χ1) is 10.6. The maximum absolute atomic E-state index is 12.2. The summed E-state index contributed by atoms with van der Waals surface area (Å²) in [6.45, 7) is 9.06. The molecule has 1 aliphatic rings. The average molecular weight is 304 g/mol. The fourth-order valence-corrected chi connectivity index (χ4v) is 3.37. The second kappa shape index (κ2) is 8.30. The summed E-state index contributed by atoms with van der Waals surface area (Å²) in [7, 11) is 1.66. The van der Waals surface area contributed by atoms with Crippen LogP contribution in [0.2, 0.25) is 0 Å². The lowest BCUT2D eigenvalue weighted by atomic mass is 9.92. The predicted octanol–water partition coefficient (Wildman–Crippen LogP) is 2.54. The van der Waals surface area contributed by atoms with Crippen LogP contribution in [0.5, 0.6) is 0 Å². The van der Waals surface area contributed by atoms with Crippen LogP contribution in [0.4, 0.5) is 0 Å². The van der Waals surface area contributed by atoms with Crippen molar-refractivity contribution in [2.24, 2.45) is 11.8 Å². The van der Waals surface area contributed by atoms with Gasteiger partial charge in [-0.15, -0.1) is 0 Å². The van der Waals surface area contributed by atoms with Crippen molar-refractivity contribution < 1.29 is 9.53 Å². The molecule has 0 unspecified atom stereocenters. The highest BCUT2D eigenvalue weighted by molar-refractivity contribution is 5.94. The fourth-order valence-electron chi connectivity index (χ4n) is 3.37. The van der Waals surface area contributed by atoms with E-state index in [0.29, 0.717) is 18.7 Å². The van der Waals surface area contributed by atoms with Gasteiger partial charge in [-0.25, -0.2) is 0 Å². The van der Waals surface area contributed by atoms with Gasteiger partial charge in [-0.2, -0.15) is 0 Å². The van der Waals surface area contributed by atoms with Crippen molar-refractivity contribution in [3.8, 4) is 0 Å². The molecule has 2 rings (SSSR count). The topological polar surface area (TPSA) is 41.6 Å². The second-order valence-electron chi connectivity index (χ2n) is 6.59. The van der Waals surface area contributed by atoms with Crippen LogP contribution in [0.3, 0.4) is 0 Å². The second-order valence-corrected chi connectivity index (χ2v) is 6.59. The van der Waals surface area contributed by atoms with Crippen molar-refractivity contribution in [2.45, 2.75) is 26.9 Å². The van der Waals surface area contributed by atoms with Crippen LogP contribution in [0.15, 0.2) is 24.3 Å². The van der Waals surface area contributed by atoms with Crippen molar-refractivity contribution in [3.63, 3.8) is 0 Å². The first kappa shape index (κ1) is 17.0. The Morgan fingerprint density at radius 3 is 2.73 bits per heavy atom. The number of amides is 1. The Kier molecular flexibility index (Phi) is 6.40. The van der Waals surface area contributed by atoms with E-state index in [0.717, 1.165) is 37.0 Å². The molecule has 22 heavy (non-hydrogen) atoms. The predicted molar refractivity (Wildman–Crippen MR) is 88.9 cm³/mol. The zero-order chi connectivity index (χ0) is 15.9. The van der Waals surface area contributed by atoms with Gasteiger partial charge in [0, 0.05) is 38.9 Å². The average Bonchev–Trinajstić information content (AvgIpc) is 2.47. The van der Waals surface area contributed by atoms with E-state index in [2.05, 4.69) is 24.1 Å². The molecule has 0 spiro atoms. The first-order valence-corrected chi connectivity index (χ1v) is 8.17. The number of nitrogens with one attached hydrogen (secondary N) is 1. The molecule has 1 heterocycles. The smallest absolute Gasteiger partial charge is 0.251 e. The third-order valence-electron chi connectivity index (χ3n) is 4.16. The molecule has 1 aromatic carbocycles. The lowest BCUT2D eigenvalue weighted by Gasteiger charge is -2.34. The molecule has 0 radical (unpaired) electrons. The standard InChI is InChI=1S/C18H28N2O2/c1-14-9-15(2)12-20(11-14)8-7-19-18(21)17-6-4-5-16(10-17)13-22-3/h4-6,10,14-15H,7-9,11-13H2,1-3H3,(H,19,21)/t14-,15+. The summed E-state index contributed by atoms with van der Waals surface area (Å²) >= 11 is 0. The zero-order valence-corrected chi connectivity index (χ0v) is 14.0. The fraction of sp³-hybridized carbons (Fsp3) is 0.611. The Morgan fingerprint density at radius 2 is 2.05 bits per heavy atom. The SMILES string of the molecule is COCc1cccc(C(=O)NCCN2C[C@H](C)C[C@H](C)C2)c1. The largest absolute Gasteiger partial charge is 0.380 e. The number of likely N-dealkylation sites (tertiary alicyclic amines) is 1. The highest BCUT2D eigenvalue weighted by Crippen LogP contribution is 2.20. The number of benzene rings is 1. The quantitative estimate of drug-likeness (QED) is 0.878. The molecule has 1 amide bonds. The van der Waals surface area contributed by atoms with Gasteiger partial charge in [0.25, 0.3) is 5.91 Å². The molecule has 1 saturated heterocycles. The molecule has 0 saturated carbocycles. The van der Waals surface area contributed by atoms with E-state index in [4.69, 9.17) is 4.74 Å². The number of piperidine rings is 1. The summed E-state index contributed by atoms with van der Waals surface area (Å²) < 4.78 is 5.10. The minimum Gasteiger partial charge on any atom is -0.380 e. The number of methoxy groups -OCH3 is 1. The van der Waals surface area contributed by atoms with Crippen molar-refractivity contribution in [1.29, 1.82) is 0 Å². The first-order valence-electron chi connectivity index (χ1n) is 8.17. The van der Waals surface area contributed by atoms with Gasteiger partial charge in [0.15, 0.2) is 0 Å². The Bertz CT molecular complexity index is 480. The van der Waals surface area contributed by atoms with Crippen LogP contribution < -0.4 is 5.32 Å². The molecule has 1 N–H and O–H groups in total. The third-order valence-corrected chi connectivity index (χ3v) is 4.16. The molecule has 1 fully saturated rings. The number of hydrogen-bond donors (Lipinski definition) is 1. The number of carbonyl (C=O) groups is 1. The van der Waals surface area contributed by atoms with Gasteiger partial charge in [-0.1, -0.05) is 26.0 Å². The van der Waals surface area contributed by atoms with Crippen molar-refractivity contribution in [3.05, 3.63) is 35.4 Å². The molecule has 0 bridgehead atoms. The minimum absolute atomic E-state index is 0.00365. The molecule has 0 aliphatic carbocycles. The van der Waals surface area contributed by atoms with Gasteiger partial charge >= 0.3 is 0 Å². The molecular formula is C18H28N2O2. The van der Waals surface area contributed by atoms with E-state index < -0.39 is 0 Å². The summed E-state index contributed by atoms with van der Waals surface area (Å²) in [6.07, 6.45) is 1.31. The number of nitrogens with zero attached hydrogens (tertiary/aromatic N) is 1. The van der Waals surface area contributed by atoms with Gasteiger partial charge < -0.3 is 15.0 Å². The lowest BCUT2D eigenvalue weighted by molar-refractivity contribution is 0.0936. The van der Waals surface area contributed by atoms with E-state index in [1.165, 1.54) is 6.42 Å². The van der Waals surface area contributed by atoms with Gasteiger partial charge in [0.1, 0.15) is 0 Å². The van der Waals surface area contributed by atoms with Crippen LogP contribution in [-0.4, -0.2) is 44.1 Å². The van der Waals surface area contributed by atoms with E-state index in [1.54, 1.807) is 7.11 Å². The number of ether oxygens (including phenoxy) is 1. The molecule has 1 aromatic rings. The maximum atomic E-state index is 12.2. The van der Waals surface area contributed by atoms with Crippen molar-refractivity contribution >= 4 is 5.91 Å². The Hall–Kier alpha value is -1.39. The molecule has 2 atom stereocenters. The van der Waals surface area contributed by atoms with Gasteiger partial charge in [0.2, 0.25) is 0 Å². The van der Waals surface area contributed by atoms with Crippen LogP contribution >= 0.6 is 0 Å². The summed E-state index contributed by atoms with van der Waals surface area (Å²) in [4.78, 5) is 14.7. The van der Waals surface area contributed by atoms with Crippen LogP contribution in [0, 0.1) is 11.8 Å². The van der Waals surface area contributed by atoms with Gasteiger partial charge in [0.05, 0.1) is 6.61 Å². The summed E-state index contributed by atoms with van der Waals surface area (Å²) in [6, 6.07) is 7.61. The van der Waals surface area contributed by atoms with Crippen LogP contribution in [0.1, 0.15) is 36.2 Å². The molecule has 4 heteroatoms. The third kappa shape index (κ3) is 5.11. The molecule has 4 nitrogen and oxygen atoms in total. The summed E-state index contributed by atoms with van der Waals surface area (Å²) in [5.74, 6) is 1.51. The number of hydrogen-bond acceptors (Lipinski definition) is 3. The van der Waals surface area contributed by atoms with Crippen molar-refractivity contribution in [1.82, 2.24) is 10.2 Å². The lowest BCUT2D eigenvalue weighted by Crippen LogP contribution is -2.42. The van der Waals surface area contributed by atoms with Gasteiger partial charge in [-0.05, 0) is 36.0 Å². The minimum atomic E-state index is -0.00365.